The average molecular weight is 461 g/mol. The molecule has 0 saturated carbocycles. The van der Waals surface area contributed by atoms with Crippen molar-refractivity contribution in [1.82, 2.24) is 10.2 Å². The van der Waals surface area contributed by atoms with Crippen molar-refractivity contribution < 1.29 is 9.59 Å². The summed E-state index contributed by atoms with van der Waals surface area (Å²) >= 11 is 7.56. The Morgan fingerprint density at radius 2 is 1.81 bits per heavy atom. The van der Waals surface area contributed by atoms with Crippen LogP contribution in [0.4, 0.5) is 0 Å². The Balaban J connectivity index is 2.13. The van der Waals surface area contributed by atoms with E-state index in [-0.39, 0.29) is 17.9 Å². The van der Waals surface area contributed by atoms with Crippen LogP contribution in [-0.4, -0.2) is 34.6 Å². The Bertz CT molecular complexity index is 857. The SMILES string of the molecule is CC[C@@H](C)NC(=O)[C@H](CC)N(Cc1cccc(C)c1)C(=O)CCSc1ccc(Cl)cc1. The van der Waals surface area contributed by atoms with E-state index in [1.54, 1.807) is 16.7 Å². The Morgan fingerprint density at radius 1 is 1.10 bits per heavy atom. The minimum absolute atomic E-state index is 0.00544. The van der Waals surface area contributed by atoms with Crippen molar-refractivity contribution in [1.29, 1.82) is 0 Å². The van der Waals surface area contributed by atoms with Crippen LogP contribution in [-0.2, 0) is 16.1 Å². The van der Waals surface area contributed by atoms with E-state index in [1.165, 1.54) is 0 Å². The molecule has 2 atom stereocenters. The molecule has 0 aromatic heterocycles. The maximum atomic E-state index is 13.2. The lowest BCUT2D eigenvalue weighted by Crippen LogP contribution is -2.50. The maximum absolute atomic E-state index is 13.2. The normalized spacial score (nSPS) is 12.8. The molecule has 0 unspecified atom stereocenters. The van der Waals surface area contributed by atoms with Crippen molar-refractivity contribution in [3.05, 3.63) is 64.7 Å². The van der Waals surface area contributed by atoms with E-state index in [9.17, 15) is 9.59 Å². The second-order valence-corrected chi connectivity index (χ2v) is 9.41. The van der Waals surface area contributed by atoms with Gasteiger partial charge in [-0.1, -0.05) is 55.3 Å². The molecule has 0 radical (unpaired) electrons. The van der Waals surface area contributed by atoms with Gasteiger partial charge in [0, 0.05) is 34.7 Å². The number of rotatable bonds is 11. The topological polar surface area (TPSA) is 49.4 Å². The molecule has 2 rings (SSSR count). The molecular formula is C25H33ClN2O2S. The molecule has 0 aliphatic rings. The van der Waals surface area contributed by atoms with Gasteiger partial charge in [-0.2, -0.15) is 0 Å². The molecule has 1 N–H and O–H groups in total. The van der Waals surface area contributed by atoms with Crippen LogP contribution in [0.3, 0.4) is 0 Å². The van der Waals surface area contributed by atoms with Crippen LogP contribution in [0.15, 0.2) is 53.4 Å². The lowest BCUT2D eigenvalue weighted by Gasteiger charge is -2.31. The van der Waals surface area contributed by atoms with E-state index in [2.05, 4.69) is 11.4 Å². The summed E-state index contributed by atoms with van der Waals surface area (Å²) in [6.45, 7) is 8.44. The van der Waals surface area contributed by atoms with Crippen molar-refractivity contribution in [2.24, 2.45) is 0 Å². The fourth-order valence-corrected chi connectivity index (χ4v) is 4.27. The summed E-state index contributed by atoms with van der Waals surface area (Å²) in [5, 5.41) is 3.75. The number of hydrogen-bond acceptors (Lipinski definition) is 3. The molecule has 0 aliphatic heterocycles. The summed E-state index contributed by atoms with van der Waals surface area (Å²) in [4.78, 5) is 29.0. The number of benzene rings is 2. The predicted octanol–water partition coefficient (Wildman–Crippen LogP) is 5.85. The van der Waals surface area contributed by atoms with Gasteiger partial charge in [-0.3, -0.25) is 9.59 Å². The summed E-state index contributed by atoms with van der Waals surface area (Å²) in [5.41, 5.74) is 2.17. The summed E-state index contributed by atoms with van der Waals surface area (Å²) < 4.78 is 0. The number of aryl methyl sites for hydroxylation is 1. The van der Waals surface area contributed by atoms with E-state index < -0.39 is 6.04 Å². The fraction of sp³-hybridized carbons (Fsp3) is 0.440. The van der Waals surface area contributed by atoms with Crippen molar-refractivity contribution in [3.8, 4) is 0 Å². The zero-order valence-electron chi connectivity index (χ0n) is 18.9. The van der Waals surface area contributed by atoms with Crippen LogP contribution >= 0.6 is 23.4 Å². The smallest absolute Gasteiger partial charge is 0.243 e. The van der Waals surface area contributed by atoms with Crippen molar-refractivity contribution >= 4 is 35.2 Å². The van der Waals surface area contributed by atoms with E-state index in [1.807, 2.05) is 70.2 Å². The van der Waals surface area contributed by atoms with Crippen LogP contribution in [0, 0.1) is 6.92 Å². The van der Waals surface area contributed by atoms with Crippen molar-refractivity contribution in [3.63, 3.8) is 0 Å². The Labute approximate surface area is 195 Å². The highest BCUT2D eigenvalue weighted by Gasteiger charge is 2.29. The summed E-state index contributed by atoms with van der Waals surface area (Å²) in [6, 6.07) is 15.3. The standard InChI is InChI=1S/C25H33ClN2O2S/c1-5-19(4)27-25(30)23(6-2)28(17-20-9-7-8-18(3)16-20)24(29)14-15-31-22-12-10-21(26)11-13-22/h7-13,16,19,23H,5-6,14-15,17H2,1-4H3,(H,27,30)/t19-,23+/m1/s1. The van der Waals surface area contributed by atoms with Crippen LogP contribution in [0.25, 0.3) is 0 Å². The largest absolute Gasteiger partial charge is 0.352 e. The summed E-state index contributed by atoms with van der Waals surface area (Å²) in [5.74, 6) is 0.561. The lowest BCUT2D eigenvalue weighted by atomic mass is 10.1. The molecule has 6 heteroatoms. The number of nitrogens with zero attached hydrogens (tertiary/aromatic N) is 1. The number of carbonyl (C=O) groups is 2. The number of thioether (sulfide) groups is 1. The van der Waals surface area contributed by atoms with Gasteiger partial charge in [0.15, 0.2) is 0 Å². The molecule has 2 aromatic carbocycles. The zero-order chi connectivity index (χ0) is 22.8. The van der Waals surface area contributed by atoms with Gasteiger partial charge in [-0.05, 0) is 56.5 Å². The highest BCUT2D eigenvalue weighted by molar-refractivity contribution is 7.99. The first-order valence-electron chi connectivity index (χ1n) is 10.9. The molecule has 0 heterocycles. The van der Waals surface area contributed by atoms with Gasteiger partial charge in [0.1, 0.15) is 6.04 Å². The van der Waals surface area contributed by atoms with Crippen LogP contribution < -0.4 is 5.32 Å². The second-order valence-electron chi connectivity index (χ2n) is 7.81. The molecule has 0 fully saturated rings. The highest BCUT2D eigenvalue weighted by Crippen LogP contribution is 2.22. The molecule has 0 saturated heterocycles. The van der Waals surface area contributed by atoms with Gasteiger partial charge < -0.3 is 10.2 Å². The summed E-state index contributed by atoms with van der Waals surface area (Å²) in [7, 11) is 0. The number of carbonyl (C=O) groups excluding carboxylic acids is 2. The third kappa shape index (κ3) is 8.23. The minimum Gasteiger partial charge on any atom is -0.352 e. The van der Waals surface area contributed by atoms with Crippen LogP contribution in [0.1, 0.15) is 51.2 Å². The first kappa shape index (κ1) is 25.3. The molecule has 2 amide bonds. The Hall–Kier alpha value is -1.98. The van der Waals surface area contributed by atoms with Crippen LogP contribution in [0.5, 0.6) is 0 Å². The fourth-order valence-electron chi connectivity index (χ4n) is 3.30. The van der Waals surface area contributed by atoms with Gasteiger partial charge in [-0.15, -0.1) is 11.8 Å². The van der Waals surface area contributed by atoms with Gasteiger partial charge in [-0.25, -0.2) is 0 Å². The maximum Gasteiger partial charge on any atom is 0.243 e. The van der Waals surface area contributed by atoms with Crippen molar-refractivity contribution in [2.75, 3.05) is 5.75 Å². The third-order valence-corrected chi connectivity index (χ3v) is 6.49. The van der Waals surface area contributed by atoms with E-state index in [0.717, 1.165) is 22.4 Å². The molecule has 2 aromatic rings. The molecular weight excluding hydrogens is 428 g/mol. The molecule has 0 aliphatic carbocycles. The summed E-state index contributed by atoms with van der Waals surface area (Å²) in [6.07, 6.45) is 1.79. The number of hydrogen-bond donors (Lipinski definition) is 1. The van der Waals surface area contributed by atoms with Crippen molar-refractivity contribution in [2.45, 2.75) is 70.5 Å². The Kier molecular flexibility index (Phi) is 10.4. The number of nitrogens with one attached hydrogen (secondary N) is 1. The monoisotopic (exact) mass is 460 g/mol. The predicted molar refractivity (Wildman–Crippen MR) is 130 cm³/mol. The minimum atomic E-state index is -0.484. The van der Waals surface area contributed by atoms with E-state index >= 15 is 0 Å². The zero-order valence-corrected chi connectivity index (χ0v) is 20.4. The Morgan fingerprint density at radius 3 is 2.42 bits per heavy atom. The molecule has 0 spiro atoms. The first-order valence-corrected chi connectivity index (χ1v) is 12.2. The second kappa shape index (κ2) is 12.8. The quantitative estimate of drug-likeness (QED) is 0.427. The average Bonchev–Trinajstić information content (AvgIpc) is 2.74. The molecule has 4 nitrogen and oxygen atoms in total. The van der Waals surface area contributed by atoms with Gasteiger partial charge in [0.05, 0.1) is 0 Å². The molecule has 31 heavy (non-hydrogen) atoms. The van der Waals surface area contributed by atoms with Gasteiger partial charge in [0.25, 0.3) is 0 Å². The van der Waals surface area contributed by atoms with Gasteiger partial charge in [0.2, 0.25) is 11.8 Å². The number of amides is 2. The highest BCUT2D eigenvalue weighted by atomic mass is 35.5. The van der Waals surface area contributed by atoms with Crippen LogP contribution in [0.2, 0.25) is 5.02 Å². The van der Waals surface area contributed by atoms with E-state index in [4.69, 9.17) is 11.6 Å². The van der Waals surface area contributed by atoms with E-state index in [0.29, 0.717) is 30.2 Å². The number of halogens is 1. The first-order chi connectivity index (χ1) is 14.8. The van der Waals surface area contributed by atoms with Gasteiger partial charge >= 0.3 is 0 Å². The molecule has 168 valence electrons. The lowest BCUT2D eigenvalue weighted by molar-refractivity contribution is -0.141. The molecule has 0 bridgehead atoms. The third-order valence-electron chi connectivity index (χ3n) is 5.22.